The molecule has 2 N–H and O–H groups in total. The van der Waals surface area contributed by atoms with Crippen molar-refractivity contribution in [2.45, 2.75) is 19.6 Å². The first-order valence-electron chi connectivity index (χ1n) is 4.43. The molecule has 0 radical (unpaired) electrons. The molecule has 0 aliphatic heterocycles. The molecule has 0 saturated heterocycles. The largest absolute Gasteiger partial charge is 0.392 e. The minimum Gasteiger partial charge on any atom is -0.392 e. The van der Waals surface area contributed by atoms with Crippen LogP contribution in [0.25, 0.3) is 0 Å². The molecule has 1 unspecified atom stereocenters. The van der Waals surface area contributed by atoms with E-state index in [1.807, 2.05) is 0 Å². The molecule has 2 nitrogen and oxygen atoms in total. The van der Waals surface area contributed by atoms with Crippen molar-refractivity contribution >= 4 is 11.6 Å². The molecule has 0 spiro atoms. The number of aliphatic hydroxyl groups excluding tert-OH is 1. The number of nitrogens with one attached hydrogen (secondary N) is 1. The first-order valence-corrected chi connectivity index (χ1v) is 4.80. The maximum Gasteiger partial charge on any atom is 0.129 e. The average Bonchev–Trinajstić information content (AvgIpc) is 2.09. The van der Waals surface area contributed by atoms with Crippen molar-refractivity contribution in [2.75, 3.05) is 6.54 Å². The molecule has 0 aromatic heterocycles. The lowest BCUT2D eigenvalue weighted by Crippen LogP contribution is -2.24. The Morgan fingerprint density at radius 1 is 1.57 bits per heavy atom. The zero-order valence-corrected chi connectivity index (χ0v) is 8.68. The Kier molecular flexibility index (Phi) is 4.32. The highest BCUT2D eigenvalue weighted by Crippen LogP contribution is 2.18. The Bertz CT molecular complexity index is 284. The fraction of sp³-hybridized carbons (Fsp3) is 0.400. The fourth-order valence-corrected chi connectivity index (χ4v) is 1.34. The van der Waals surface area contributed by atoms with Crippen LogP contribution in [0.1, 0.15) is 12.5 Å². The predicted octanol–water partition coefficient (Wildman–Crippen LogP) is 1.95. The maximum absolute atomic E-state index is 13.2. The monoisotopic (exact) mass is 217 g/mol. The molecule has 1 aromatic rings. The number of rotatable bonds is 4. The summed E-state index contributed by atoms with van der Waals surface area (Å²) in [6, 6.07) is 4.57. The van der Waals surface area contributed by atoms with Crippen molar-refractivity contribution in [3.63, 3.8) is 0 Å². The lowest BCUT2D eigenvalue weighted by atomic mass is 10.2. The van der Waals surface area contributed by atoms with Crippen LogP contribution in [0.15, 0.2) is 18.2 Å². The molecule has 0 aliphatic rings. The van der Waals surface area contributed by atoms with E-state index in [0.29, 0.717) is 23.7 Å². The van der Waals surface area contributed by atoms with Crippen molar-refractivity contribution in [3.05, 3.63) is 34.6 Å². The molecule has 1 aromatic carbocycles. The van der Waals surface area contributed by atoms with Crippen LogP contribution in [-0.2, 0) is 6.54 Å². The van der Waals surface area contributed by atoms with Gasteiger partial charge in [0.25, 0.3) is 0 Å². The zero-order chi connectivity index (χ0) is 10.6. The first kappa shape index (κ1) is 11.4. The van der Waals surface area contributed by atoms with Gasteiger partial charge >= 0.3 is 0 Å². The molecule has 0 heterocycles. The van der Waals surface area contributed by atoms with Gasteiger partial charge in [0.05, 0.1) is 6.10 Å². The van der Waals surface area contributed by atoms with Gasteiger partial charge in [0.15, 0.2) is 0 Å². The van der Waals surface area contributed by atoms with Gasteiger partial charge in [-0.1, -0.05) is 17.7 Å². The second-order valence-electron chi connectivity index (χ2n) is 3.18. The van der Waals surface area contributed by atoms with E-state index in [-0.39, 0.29) is 5.82 Å². The minimum atomic E-state index is -0.444. The summed E-state index contributed by atoms with van der Waals surface area (Å²) in [7, 11) is 0. The third kappa shape index (κ3) is 3.25. The highest BCUT2D eigenvalue weighted by Gasteiger charge is 2.06. The third-order valence-electron chi connectivity index (χ3n) is 1.80. The highest BCUT2D eigenvalue weighted by atomic mass is 35.5. The molecule has 0 saturated carbocycles. The predicted molar refractivity (Wildman–Crippen MR) is 54.8 cm³/mol. The van der Waals surface area contributed by atoms with Crippen molar-refractivity contribution < 1.29 is 9.50 Å². The van der Waals surface area contributed by atoms with E-state index in [4.69, 9.17) is 16.7 Å². The van der Waals surface area contributed by atoms with Crippen molar-refractivity contribution in [2.24, 2.45) is 0 Å². The summed E-state index contributed by atoms with van der Waals surface area (Å²) in [5.74, 6) is -0.324. The van der Waals surface area contributed by atoms with E-state index in [2.05, 4.69) is 5.32 Å². The summed E-state index contributed by atoms with van der Waals surface area (Å²) in [4.78, 5) is 0. The van der Waals surface area contributed by atoms with Crippen molar-refractivity contribution in [1.29, 1.82) is 0 Å². The van der Waals surface area contributed by atoms with E-state index in [1.165, 1.54) is 6.07 Å². The van der Waals surface area contributed by atoms with Crippen LogP contribution in [0.5, 0.6) is 0 Å². The zero-order valence-electron chi connectivity index (χ0n) is 7.93. The Balaban J connectivity index is 2.58. The average molecular weight is 218 g/mol. The Hall–Kier alpha value is -0.640. The highest BCUT2D eigenvalue weighted by molar-refractivity contribution is 6.31. The van der Waals surface area contributed by atoms with Crippen LogP contribution in [0.2, 0.25) is 5.02 Å². The van der Waals surface area contributed by atoms with E-state index in [0.717, 1.165) is 0 Å². The van der Waals surface area contributed by atoms with Gasteiger partial charge in [-0.2, -0.15) is 0 Å². The van der Waals surface area contributed by atoms with Gasteiger partial charge < -0.3 is 10.4 Å². The number of hydrogen-bond donors (Lipinski definition) is 2. The van der Waals surface area contributed by atoms with E-state index >= 15 is 0 Å². The van der Waals surface area contributed by atoms with Crippen LogP contribution < -0.4 is 5.32 Å². The second kappa shape index (κ2) is 5.29. The Labute approximate surface area is 87.7 Å². The molecule has 0 aliphatic carbocycles. The van der Waals surface area contributed by atoms with E-state index in [9.17, 15) is 4.39 Å². The van der Waals surface area contributed by atoms with Crippen LogP contribution in [0, 0.1) is 5.82 Å². The van der Waals surface area contributed by atoms with Gasteiger partial charge in [-0.05, 0) is 19.1 Å². The SMILES string of the molecule is CC(O)CNCc1c(F)cccc1Cl. The Morgan fingerprint density at radius 3 is 2.86 bits per heavy atom. The lowest BCUT2D eigenvalue weighted by molar-refractivity contribution is 0.191. The van der Waals surface area contributed by atoms with Gasteiger partial charge in [-0.3, -0.25) is 0 Å². The summed E-state index contributed by atoms with van der Waals surface area (Å²) in [6.45, 7) is 2.41. The number of aliphatic hydroxyl groups is 1. The van der Waals surface area contributed by atoms with Crippen LogP contribution >= 0.6 is 11.6 Å². The quantitative estimate of drug-likeness (QED) is 0.808. The molecular formula is C10H13ClFNO. The first-order chi connectivity index (χ1) is 6.61. The second-order valence-corrected chi connectivity index (χ2v) is 3.59. The van der Waals surface area contributed by atoms with Crippen molar-refractivity contribution in [1.82, 2.24) is 5.32 Å². The fourth-order valence-electron chi connectivity index (χ4n) is 1.11. The van der Waals surface area contributed by atoms with Gasteiger partial charge in [0.2, 0.25) is 0 Å². The summed E-state index contributed by atoms with van der Waals surface area (Å²) in [6.07, 6.45) is -0.444. The molecule has 78 valence electrons. The third-order valence-corrected chi connectivity index (χ3v) is 2.16. The van der Waals surface area contributed by atoms with Crippen LogP contribution in [0.3, 0.4) is 0 Å². The summed E-state index contributed by atoms with van der Waals surface area (Å²) >= 11 is 5.80. The van der Waals surface area contributed by atoms with Crippen LogP contribution in [0.4, 0.5) is 4.39 Å². The van der Waals surface area contributed by atoms with E-state index in [1.54, 1.807) is 19.1 Å². The van der Waals surface area contributed by atoms with E-state index < -0.39 is 6.10 Å². The summed E-state index contributed by atoms with van der Waals surface area (Å²) in [5.41, 5.74) is 0.440. The van der Waals surface area contributed by atoms with Gasteiger partial charge in [0, 0.05) is 23.7 Å². The minimum absolute atomic E-state index is 0.324. The molecule has 1 atom stereocenters. The Morgan fingerprint density at radius 2 is 2.29 bits per heavy atom. The number of halogens is 2. The molecular weight excluding hydrogens is 205 g/mol. The molecule has 1 rings (SSSR count). The molecule has 0 bridgehead atoms. The molecule has 4 heteroatoms. The number of hydrogen-bond acceptors (Lipinski definition) is 2. The van der Waals surface area contributed by atoms with Gasteiger partial charge in [-0.25, -0.2) is 4.39 Å². The van der Waals surface area contributed by atoms with Crippen LogP contribution in [-0.4, -0.2) is 17.8 Å². The lowest BCUT2D eigenvalue weighted by Gasteiger charge is -2.08. The van der Waals surface area contributed by atoms with Crippen molar-refractivity contribution in [3.8, 4) is 0 Å². The summed E-state index contributed by atoms with van der Waals surface area (Å²) in [5, 5.41) is 12.3. The standard InChI is InChI=1S/C10H13ClFNO/c1-7(14)5-13-6-8-9(11)3-2-4-10(8)12/h2-4,7,13-14H,5-6H2,1H3. The smallest absolute Gasteiger partial charge is 0.129 e. The molecule has 14 heavy (non-hydrogen) atoms. The van der Waals surface area contributed by atoms with Gasteiger partial charge in [0.1, 0.15) is 5.82 Å². The topological polar surface area (TPSA) is 32.3 Å². The summed E-state index contributed by atoms with van der Waals surface area (Å²) < 4.78 is 13.2. The molecule has 0 fully saturated rings. The number of benzene rings is 1. The normalized spacial score (nSPS) is 12.9. The maximum atomic E-state index is 13.2. The van der Waals surface area contributed by atoms with Gasteiger partial charge in [-0.15, -0.1) is 0 Å². The molecule has 0 amide bonds.